The fourth-order valence-corrected chi connectivity index (χ4v) is 2.59. The first-order valence-electron chi connectivity index (χ1n) is 6.35. The predicted molar refractivity (Wildman–Crippen MR) is 82.5 cm³/mol. The van der Waals surface area contributed by atoms with Crippen molar-refractivity contribution in [2.45, 2.75) is 19.4 Å². The maximum Gasteiger partial charge on any atom is 0.128 e. The van der Waals surface area contributed by atoms with E-state index in [4.69, 9.17) is 10.5 Å². The van der Waals surface area contributed by atoms with E-state index < -0.39 is 6.04 Å². The van der Waals surface area contributed by atoms with Gasteiger partial charge in [0.2, 0.25) is 0 Å². The van der Waals surface area contributed by atoms with Crippen molar-refractivity contribution in [3.05, 3.63) is 63.4 Å². The second-order valence-corrected chi connectivity index (χ2v) is 5.71. The Kier molecular flexibility index (Phi) is 4.78. The van der Waals surface area contributed by atoms with Crippen LogP contribution in [-0.4, -0.2) is 7.11 Å². The highest BCUT2D eigenvalue weighted by Crippen LogP contribution is 2.28. The van der Waals surface area contributed by atoms with E-state index in [9.17, 15) is 4.39 Å². The summed E-state index contributed by atoms with van der Waals surface area (Å²) in [5, 5.41) is 0. The lowest BCUT2D eigenvalue weighted by molar-refractivity contribution is 0.407. The Morgan fingerprint density at radius 2 is 2.00 bits per heavy atom. The summed E-state index contributed by atoms with van der Waals surface area (Å²) >= 11 is 3.43. The molecule has 4 heteroatoms. The summed E-state index contributed by atoms with van der Waals surface area (Å²) in [6.45, 7) is 1.86. The van der Waals surface area contributed by atoms with E-state index in [0.717, 1.165) is 21.3 Å². The molecule has 2 rings (SSSR count). The van der Waals surface area contributed by atoms with E-state index in [0.29, 0.717) is 12.0 Å². The van der Waals surface area contributed by atoms with Gasteiger partial charge >= 0.3 is 0 Å². The van der Waals surface area contributed by atoms with Crippen molar-refractivity contribution >= 4 is 15.9 Å². The summed E-state index contributed by atoms with van der Waals surface area (Å²) in [5.74, 6) is 0.502. The van der Waals surface area contributed by atoms with E-state index in [1.54, 1.807) is 13.2 Å². The van der Waals surface area contributed by atoms with Crippen LogP contribution in [-0.2, 0) is 6.42 Å². The van der Waals surface area contributed by atoms with Crippen molar-refractivity contribution in [1.29, 1.82) is 0 Å². The second-order valence-electron chi connectivity index (χ2n) is 4.79. The molecule has 0 fully saturated rings. The number of ether oxygens (including phenoxy) is 1. The van der Waals surface area contributed by atoms with E-state index in [1.807, 2.05) is 31.2 Å². The fraction of sp³-hybridized carbons (Fsp3) is 0.250. The SMILES string of the molecule is COc1ccc(Br)cc1CC(N)c1ccc(C)cc1F. The molecule has 0 heterocycles. The van der Waals surface area contributed by atoms with Gasteiger partial charge < -0.3 is 10.5 Å². The van der Waals surface area contributed by atoms with Crippen molar-refractivity contribution < 1.29 is 9.13 Å². The highest BCUT2D eigenvalue weighted by Gasteiger charge is 2.15. The Hall–Kier alpha value is -1.39. The third-order valence-electron chi connectivity index (χ3n) is 3.24. The van der Waals surface area contributed by atoms with Crippen molar-refractivity contribution in [3.8, 4) is 5.75 Å². The molecule has 20 heavy (non-hydrogen) atoms. The zero-order chi connectivity index (χ0) is 14.7. The summed E-state index contributed by atoms with van der Waals surface area (Å²) in [7, 11) is 1.62. The van der Waals surface area contributed by atoms with E-state index in [2.05, 4.69) is 15.9 Å². The molecule has 0 saturated heterocycles. The normalized spacial score (nSPS) is 12.2. The van der Waals surface area contributed by atoms with Gasteiger partial charge in [-0.05, 0) is 48.7 Å². The molecule has 0 spiro atoms. The van der Waals surface area contributed by atoms with Gasteiger partial charge in [0.05, 0.1) is 7.11 Å². The van der Waals surface area contributed by atoms with Crippen molar-refractivity contribution in [2.75, 3.05) is 7.11 Å². The van der Waals surface area contributed by atoms with Crippen molar-refractivity contribution in [2.24, 2.45) is 5.73 Å². The number of methoxy groups -OCH3 is 1. The number of rotatable bonds is 4. The molecule has 0 bridgehead atoms. The average Bonchev–Trinajstić information content (AvgIpc) is 2.38. The van der Waals surface area contributed by atoms with Gasteiger partial charge in [0, 0.05) is 16.1 Å². The van der Waals surface area contributed by atoms with Gasteiger partial charge in [-0.15, -0.1) is 0 Å². The Bertz CT molecular complexity index is 615. The number of hydrogen-bond donors (Lipinski definition) is 1. The van der Waals surface area contributed by atoms with Crippen LogP contribution in [0.25, 0.3) is 0 Å². The first-order chi connectivity index (χ1) is 9.51. The molecule has 2 aromatic rings. The summed E-state index contributed by atoms with van der Waals surface area (Å²) in [5.41, 5.74) is 8.51. The van der Waals surface area contributed by atoms with Gasteiger partial charge in [0.15, 0.2) is 0 Å². The first-order valence-corrected chi connectivity index (χ1v) is 7.14. The quantitative estimate of drug-likeness (QED) is 0.909. The molecule has 0 aliphatic rings. The molecular weight excluding hydrogens is 321 g/mol. The largest absolute Gasteiger partial charge is 0.496 e. The van der Waals surface area contributed by atoms with Crippen LogP contribution in [0.15, 0.2) is 40.9 Å². The predicted octanol–water partition coefficient (Wildman–Crippen LogP) is 4.15. The smallest absolute Gasteiger partial charge is 0.128 e. The number of benzene rings is 2. The van der Waals surface area contributed by atoms with Crippen LogP contribution in [0.1, 0.15) is 22.7 Å². The topological polar surface area (TPSA) is 35.2 Å². The lowest BCUT2D eigenvalue weighted by Crippen LogP contribution is -2.15. The molecule has 0 saturated carbocycles. The van der Waals surface area contributed by atoms with Crippen LogP contribution in [0, 0.1) is 12.7 Å². The Morgan fingerprint density at radius 1 is 1.25 bits per heavy atom. The van der Waals surface area contributed by atoms with Gasteiger partial charge in [-0.25, -0.2) is 4.39 Å². The molecule has 2 aromatic carbocycles. The lowest BCUT2D eigenvalue weighted by atomic mass is 9.98. The molecule has 1 unspecified atom stereocenters. The average molecular weight is 338 g/mol. The van der Waals surface area contributed by atoms with Crippen LogP contribution in [0.4, 0.5) is 4.39 Å². The van der Waals surface area contributed by atoms with E-state index in [-0.39, 0.29) is 5.82 Å². The zero-order valence-electron chi connectivity index (χ0n) is 11.5. The third-order valence-corrected chi connectivity index (χ3v) is 3.73. The Morgan fingerprint density at radius 3 is 2.65 bits per heavy atom. The monoisotopic (exact) mass is 337 g/mol. The molecule has 0 radical (unpaired) electrons. The molecule has 0 aliphatic heterocycles. The van der Waals surface area contributed by atoms with Crippen LogP contribution < -0.4 is 10.5 Å². The fourth-order valence-electron chi connectivity index (χ4n) is 2.19. The molecule has 106 valence electrons. The van der Waals surface area contributed by atoms with Gasteiger partial charge in [0.25, 0.3) is 0 Å². The maximum atomic E-state index is 13.9. The molecule has 0 amide bonds. The van der Waals surface area contributed by atoms with Gasteiger partial charge in [0.1, 0.15) is 11.6 Å². The highest BCUT2D eigenvalue weighted by molar-refractivity contribution is 9.10. The third kappa shape index (κ3) is 3.38. The maximum absolute atomic E-state index is 13.9. The minimum absolute atomic E-state index is 0.258. The summed E-state index contributed by atoms with van der Waals surface area (Å²) in [6.07, 6.45) is 0.516. The van der Waals surface area contributed by atoms with Crippen LogP contribution >= 0.6 is 15.9 Å². The molecule has 2 N–H and O–H groups in total. The zero-order valence-corrected chi connectivity index (χ0v) is 13.1. The Balaban J connectivity index is 2.27. The van der Waals surface area contributed by atoms with E-state index >= 15 is 0 Å². The first kappa shape index (κ1) is 15.0. The molecular formula is C16H17BrFNO. The van der Waals surface area contributed by atoms with Crippen LogP contribution in [0.2, 0.25) is 0 Å². The van der Waals surface area contributed by atoms with Crippen molar-refractivity contribution in [3.63, 3.8) is 0 Å². The van der Waals surface area contributed by atoms with E-state index in [1.165, 1.54) is 6.07 Å². The minimum Gasteiger partial charge on any atom is -0.496 e. The lowest BCUT2D eigenvalue weighted by Gasteiger charge is -2.16. The number of nitrogens with two attached hydrogens (primary N) is 1. The molecule has 0 aliphatic carbocycles. The second kappa shape index (κ2) is 6.37. The summed E-state index contributed by atoms with van der Waals surface area (Å²) < 4.78 is 20.2. The van der Waals surface area contributed by atoms with Gasteiger partial charge in [-0.3, -0.25) is 0 Å². The van der Waals surface area contributed by atoms with Gasteiger partial charge in [-0.2, -0.15) is 0 Å². The summed E-state index contributed by atoms with van der Waals surface area (Å²) in [4.78, 5) is 0. The van der Waals surface area contributed by atoms with Crippen molar-refractivity contribution in [1.82, 2.24) is 0 Å². The molecule has 2 nitrogen and oxygen atoms in total. The number of aryl methyl sites for hydroxylation is 1. The number of hydrogen-bond acceptors (Lipinski definition) is 2. The van der Waals surface area contributed by atoms with Crippen LogP contribution in [0.3, 0.4) is 0 Å². The minimum atomic E-state index is -0.404. The number of halogens is 2. The van der Waals surface area contributed by atoms with Crippen LogP contribution in [0.5, 0.6) is 5.75 Å². The van der Waals surface area contributed by atoms with Gasteiger partial charge in [-0.1, -0.05) is 28.1 Å². The summed E-state index contributed by atoms with van der Waals surface area (Å²) in [6, 6.07) is 10.4. The molecule has 0 aromatic heterocycles. The highest BCUT2D eigenvalue weighted by atomic mass is 79.9. The Labute approximate surface area is 126 Å². The standard InChI is InChI=1S/C16H17BrFNO/c1-10-3-5-13(14(18)7-10)15(19)9-11-8-12(17)4-6-16(11)20-2/h3-8,15H,9,19H2,1-2H3. The molecule has 1 atom stereocenters.